The number of anilines is 2. The highest BCUT2D eigenvalue weighted by Gasteiger charge is 2.20. The number of carbonyl (C=O) groups excluding carboxylic acids is 1. The summed E-state index contributed by atoms with van der Waals surface area (Å²) in [5.41, 5.74) is 1.47. The highest BCUT2D eigenvalue weighted by Crippen LogP contribution is 2.23. The Hall–Kier alpha value is -2.58. The Morgan fingerprint density at radius 3 is 2.66 bits per heavy atom. The molecule has 1 saturated heterocycles. The summed E-state index contributed by atoms with van der Waals surface area (Å²) in [7, 11) is 5.81. The molecule has 1 aromatic carbocycles. The summed E-state index contributed by atoms with van der Waals surface area (Å²) in [6, 6.07) is 7.71. The van der Waals surface area contributed by atoms with Gasteiger partial charge in [-0.1, -0.05) is 0 Å². The smallest absolute Gasteiger partial charge is 0.238 e. The maximum atomic E-state index is 13.0. The molecule has 3 rings (SSSR count). The molecular formula is C21H29FN6O. The van der Waals surface area contributed by atoms with E-state index in [0.717, 1.165) is 43.3 Å². The second-order valence-corrected chi connectivity index (χ2v) is 7.74. The van der Waals surface area contributed by atoms with E-state index in [4.69, 9.17) is 9.97 Å². The Kier molecular flexibility index (Phi) is 7.11. The quantitative estimate of drug-likeness (QED) is 0.743. The zero-order chi connectivity index (χ0) is 20.8. The fraction of sp³-hybridized carbons (Fsp3) is 0.476. The number of benzene rings is 1. The number of carbonyl (C=O) groups is 1. The molecule has 0 spiro atoms. The number of hydrogen-bond acceptors (Lipinski definition) is 6. The molecule has 0 bridgehead atoms. The van der Waals surface area contributed by atoms with E-state index < -0.39 is 0 Å². The number of halogens is 1. The van der Waals surface area contributed by atoms with Crippen LogP contribution in [0.3, 0.4) is 0 Å². The van der Waals surface area contributed by atoms with Crippen LogP contribution in [0, 0.1) is 5.82 Å². The van der Waals surface area contributed by atoms with Crippen molar-refractivity contribution in [2.24, 2.45) is 0 Å². The van der Waals surface area contributed by atoms with Crippen molar-refractivity contribution in [2.75, 3.05) is 51.0 Å². The molecule has 1 aliphatic heterocycles. The number of hydrogen-bond donors (Lipinski definition) is 2. The first-order valence-corrected chi connectivity index (χ1v) is 9.90. The monoisotopic (exact) mass is 400 g/mol. The number of amides is 1. The number of aromatic nitrogens is 2. The zero-order valence-corrected chi connectivity index (χ0v) is 17.3. The Balaban J connectivity index is 1.65. The lowest BCUT2D eigenvalue weighted by molar-refractivity contribution is -0.117. The van der Waals surface area contributed by atoms with Gasteiger partial charge in [-0.05, 0) is 50.7 Å². The highest BCUT2D eigenvalue weighted by atomic mass is 19.1. The van der Waals surface area contributed by atoms with E-state index in [1.165, 1.54) is 12.1 Å². The molecule has 2 aromatic rings. The predicted octanol–water partition coefficient (Wildman–Crippen LogP) is 2.22. The van der Waals surface area contributed by atoms with E-state index >= 15 is 0 Å². The first kappa shape index (κ1) is 21.1. The SMILES string of the molecule is CN(CC(=O)Nc1ccc(F)cc1)Cc1cc(N(C)C)nc([C@H]2CCCNC2)n1. The fourth-order valence-electron chi connectivity index (χ4n) is 3.38. The first-order valence-electron chi connectivity index (χ1n) is 9.90. The number of rotatable bonds is 7. The van der Waals surface area contributed by atoms with E-state index in [9.17, 15) is 9.18 Å². The van der Waals surface area contributed by atoms with Crippen molar-refractivity contribution in [1.29, 1.82) is 0 Å². The van der Waals surface area contributed by atoms with Gasteiger partial charge in [-0.15, -0.1) is 0 Å². The maximum absolute atomic E-state index is 13.0. The molecular weight excluding hydrogens is 371 g/mol. The van der Waals surface area contributed by atoms with Gasteiger partial charge in [0.15, 0.2) is 0 Å². The maximum Gasteiger partial charge on any atom is 0.238 e. The van der Waals surface area contributed by atoms with Crippen molar-refractivity contribution >= 4 is 17.4 Å². The molecule has 1 fully saturated rings. The van der Waals surface area contributed by atoms with Crippen molar-refractivity contribution in [1.82, 2.24) is 20.2 Å². The summed E-state index contributed by atoms with van der Waals surface area (Å²) in [6.07, 6.45) is 2.21. The van der Waals surface area contributed by atoms with E-state index in [1.54, 1.807) is 12.1 Å². The number of nitrogens with zero attached hydrogens (tertiary/aromatic N) is 4. The number of piperidine rings is 1. The first-order chi connectivity index (χ1) is 13.9. The van der Waals surface area contributed by atoms with Crippen LogP contribution in [0.2, 0.25) is 0 Å². The molecule has 2 heterocycles. The molecule has 0 saturated carbocycles. The summed E-state index contributed by atoms with van der Waals surface area (Å²) in [5.74, 6) is 1.57. The van der Waals surface area contributed by atoms with Gasteiger partial charge in [-0.25, -0.2) is 14.4 Å². The minimum Gasteiger partial charge on any atom is -0.363 e. The van der Waals surface area contributed by atoms with Crippen LogP contribution in [0.1, 0.15) is 30.3 Å². The molecule has 29 heavy (non-hydrogen) atoms. The lowest BCUT2D eigenvalue weighted by Gasteiger charge is -2.24. The number of likely N-dealkylation sites (N-methyl/N-ethyl adjacent to an activating group) is 1. The van der Waals surface area contributed by atoms with Crippen LogP contribution in [-0.2, 0) is 11.3 Å². The van der Waals surface area contributed by atoms with Gasteiger partial charge in [-0.2, -0.15) is 0 Å². The molecule has 1 atom stereocenters. The third-order valence-corrected chi connectivity index (χ3v) is 4.88. The van der Waals surface area contributed by atoms with Crippen LogP contribution in [0.4, 0.5) is 15.9 Å². The summed E-state index contributed by atoms with van der Waals surface area (Å²) in [5, 5.41) is 6.20. The fourth-order valence-corrected chi connectivity index (χ4v) is 3.38. The molecule has 1 aliphatic rings. The third-order valence-electron chi connectivity index (χ3n) is 4.88. The van der Waals surface area contributed by atoms with Gasteiger partial charge in [-0.3, -0.25) is 9.69 Å². The van der Waals surface area contributed by atoms with E-state index in [1.807, 2.05) is 37.0 Å². The average molecular weight is 401 g/mol. The molecule has 2 N–H and O–H groups in total. The summed E-state index contributed by atoms with van der Waals surface area (Å²) in [6.45, 7) is 2.68. The lowest BCUT2D eigenvalue weighted by Crippen LogP contribution is -2.31. The molecule has 1 amide bonds. The van der Waals surface area contributed by atoms with Gasteiger partial charge in [0.2, 0.25) is 5.91 Å². The van der Waals surface area contributed by atoms with Crippen molar-refractivity contribution in [3.05, 3.63) is 47.7 Å². The second kappa shape index (κ2) is 9.76. The largest absolute Gasteiger partial charge is 0.363 e. The van der Waals surface area contributed by atoms with Crippen LogP contribution in [0.15, 0.2) is 30.3 Å². The van der Waals surface area contributed by atoms with Gasteiger partial charge in [0.25, 0.3) is 0 Å². The van der Waals surface area contributed by atoms with Gasteiger partial charge >= 0.3 is 0 Å². The molecule has 1 aromatic heterocycles. The average Bonchev–Trinajstić information content (AvgIpc) is 2.70. The zero-order valence-electron chi connectivity index (χ0n) is 17.3. The molecule has 0 aliphatic carbocycles. The van der Waals surface area contributed by atoms with Gasteiger partial charge < -0.3 is 15.5 Å². The Morgan fingerprint density at radius 2 is 2.00 bits per heavy atom. The van der Waals surface area contributed by atoms with E-state index in [2.05, 4.69) is 10.6 Å². The minimum absolute atomic E-state index is 0.155. The molecule has 156 valence electrons. The van der Waals surface area contributed by atoms with Crippen molar-refractivity contribution in [3.63, 3.8) is 0 Å². The van der Waals surface area contributed by atoms with Crippen LogP contribution in [0.5, 0.6) is 0 Å². The summed E-state index contributed by atoms with van der Waals surface area (Å²) < 4.78 is 13.0. The lowest BCUT2D eigenvalue weighted by atomic mass is 9.99. The van der Waals surface area contributed by atoms with Gasteiger partial charge in [0.1, 0.15) is 17.5 Å². The summed E-state index contributed by atoms with van der Waals surface area (Å²) >= 11 is 0. The molecule has 0 unspecified atom stereocenters. The second-order valence-electron chi connectivity index (χ2n) is 7.74. The normalized spacial score (nSPS) is 16.7. The minimum atomic E-state index is -0.329. The van der Waals surface area contributed by atoms with E-state index in [-0.39, 0.29) is 18.3 Å². The Morgan fingerprint density at radius 1 is 1.24 bits per heavy atom. The van der Waals surface area contributed by atoms with Gasteiger partial charge in [0, 0.05) is 44.9 Å². The van der Waals surface area contributed by atoms with Crippen LogP contribution in [0.25, 0.3) is 0 Å². The standard InChI is InChI=1S/C21H29FN6O/c1-27(2)19-11-18(25-21(26-19)15-5-4-10-23-12-15)13-28(3)14-20(29)24-17-8-6-16(22)7-9-17/h6-9,11,15,23H,4-5,10,12-14H2,1-3H3,(H,24,29)/t15-/m0/s1. The van der Waals surface area contributed by atoms with Crippen molar-refractivity contribution in [2.45, 2.75) is 25.3 Å². The highest BCUT2D eigenvalue weighted by molar-refractivity contribution is 5.92. The Bertz CT molecular complexity index is 820. The third kappa shape index (κ3) is 6.20. The summed E-state index contributed by atoms with van der Waals surface area (Å²) in [4.78, 5) is 25.7. The van der Waals surface area contributed by atoms with Crippen molar-refractivity contribution < 1.29 is 9.18 Å². The van der Waals surface area contributed by atoms with Crippen LogP contribution in [-0.4, -0.2) is 61.6 Å². The van der Waals surface area contributed by atoms with Crippen molar-refractivity contribution in [3.8, 4) is 0 Å². The predicted molar refractivity (Wildman–Crippen MR) is 113 cm³/mol. The topological polar surface area (TPSA) is 73.4 Å². The molecule has 7 nitrogen and oxygen atoms in total. The number of nitrogens with one attached hydrogen (secondary N) is 2. The van der Waals surface area contributed by atoms with E-state index in [0.29, 0.717) is 18.2 Å². The molecule has 8 heteroatoms. The van der Waals surface area contributed by atoms with Crippen LogP contribution < -0.4 is 15.5 Å². The molecule has 0 radical (unpaired) electrons. The van der Waals surface area contributed by atoms with Gasteiger partial charge in [0.05, 0.1) is 12.2 Å². The van der Waals surface area contributed by atoms with Crippen LogP contribution >= 0.6 is 0 Å². The Labute approximate surface area is 171 Å².